The van der Waals surface area contributed by atoms with Gasteiger partial charge in [-0.15, -0.1) is 0 Å². The third-order valence-electron chi connectivity index (χ3n) is 4.24. The molecule has 0 radical (unpaired) electrons. The number of rotatable bonds is 5. The number of hydrogen-bond donors (Lipinski definition) is 1. The number of carbonyl (C=O) groups is 1. The summed E-state index contributed by atoms with van der Waals surface area (Å²) in [6.45, 7) is 1.55. The first-order chi connectivity index (χ1) is 13.8. The molecule has 0 spiro atoms. The minimum Gasteiger partial charge on any atom is -0.319 e. The van der Waals surface area contributed by atoms with Gasteiger partial charge in [0.15, 0.2) is 23.3 Å². The van der Waals surface area contributed by atoms with E-state index in [1.54, 1.807) is 37.3 Å². The van der Waals surface area contributed by atoms with Gasteiger partial charge in [0.1, 0.15) is 11.7 Å². The molecule has 1 atom stereocenters. The molecule has 5 nitrogen and oxygen atoms in total. The van der Waals surface area contributed by atoms with Gasteiger partial charge in [-0.2, -0.15) is 5.10 Å². The molecule has 0 bridgehead atoms. The van der Waals surface area contributed by atoms with Gasteiger partial charge in [-0.25, -0.2) is 22.2 Å². The standard InChI is InChI=1S/C20H15F4N3O2/c1-2-15(20(29)25-19-17(23)12(21)10-13(22)18(19)24)27-16(28)9-8-14(26-27)11-6-4-3-5-7-11/h3-10,15H,2H2,1H3,(H,25,29)/t15-/m0/s1. The molecule has 0 fully saturated rings. The number of halogens is 4. The smallest absolute Gasteiger partial charge is 0.267 e. The lowest BCUT2D eigenvalue weighted by atomic mass is 10.1. The molecule has 3 aromatic rings. The van der Waals surface area contributed by atoms with Crippen molar-refractivity contribution in [1.29, 1.82) is 0 Å². The van der Waals surface area contributed by atoms with Gasteiger partial charge >= 0.3 is 0 Å². The lowest BCUT2D eigenvalue weighted by Crippen LogP contribution is -2.35. The second-order valence-corrected chi connectivity index (χ2v) is 6.12. The highest BCUT2D eigenvalue weighted by atomic mass is 19.2. The maximum Gasteiger partial charge on any atom is 0.267 e. The molecule has 0 aliphatic carbocycles. The van der Waals surface area contributed by atoms with Crippen molar-refractivity contribution in [3.05, 3.63) is 82.2 Å². The van der Waals surface area contributed by atoms with Crippen molar-refractivity contribution >= 4 is 11.6 Å². The third-order valence-corrected chi connectivity index (χ3v) is 4.24. The van der Waals surface area contributed by atoms with Gasteiger partial charge in [-0.3, -0.25) is 9.59 Å². The molecule has 0 saturated heterocycles. The van der Waals surface area contributed by atoms with Crippen LogP contribution in [0.3, 0.4) is 0 Å². The second-order valence-electron chi connectivity index (χ2n) is 6.12. The van der Waals surface area contributed by atoms with Crippen molar-refractivity contribution in [2.75, 3.05) is 5.32 Å². The topological polar surface area (TPSA) is 64.0 Å². The Balaban J connectivity index is 1.99. The lowest BCUT2D eigenvalue weighted by Gasteiger charge is -2.18. The lowest BCUT2D eigenvalue weighted by molar-refractivity contribution is -0.119. The number of hydrogen-bond acceptors (Lipinski definition) is 3. The van der Waals surface area contributed by atoms with Crippen molar-refractivity contribution in [2.45, 2.75) is 19.4 Å². The number of benzene rings is 2. The Labute approximate surface area is 162 Å². The predicted molar refractivity (Wildman–Crippen MR) is 98.2 cm³/mol. The highest BCUT2D eigenvalue weighted by molar-refractivity contribution is 5.93. The van der Waals surface area contributed by atoms with Crippen molar-refractivity contribution in [1.82, 2.24) is 9.78 Å². The molecule has 3 rings (SSSR count). The van der Waals surface area contributed by atoms with Crippen LogP contribution in [0, 0.1) is 23.3 Å². The molecule has 1 amide bonds. The van der Waals surface area contributed by atoms with Crippen LogP contribution in [0.1, 0.15) is 19.4 Å². The number of nitrogens with one attached hydrogen (secondary N) is 1. The summed E-state index contributed by atoms with van der Waals surface area (Å²) in [5.41, 5.74) is -0.817. The van der Waals surface area contributed by atoms with E-state index in [-0.39, 0.29) is 12.5 Å². The summed E-state index contributed by atoms with van der Waals surface area (Å²) in [4.78, 5) is 24.8. The van der Waals surface area contributed by atoms with E-state index in [9.17, 15) is 27.2 Å². The Hall–Kier alpha value is -3.49. The maximum absolute atomic E-state index is 13.9. The fraction of sp³-hybridized carbons (Fsp3) is 0.150. The quantitative estimate of drug-likeness (QED) is 0.514. The number of carbonyl (C=O) groups excluding carboxylic acids is 1. The Morgan fingerprint density at radius 1 is 1.03 bits per heavy atom. The van der Waals surface area contributed by atoms with Crippen LogP contribution in [0.5, 0.6) is 0 Å². The van der Waals surface area contributed by atoms with E-state index in [0.29, 0.717) is 11.3 Å². The van der Waals surface area contributed by atoms with Crippen LogP contribution in [0.4, 0.5) is 23.2 Å². The van der Waals surface area contributed by atoms with Crippen molar-refractivity contribution < 1.29 is 22.4 Å². The van der Waals surface area contributed by atoms with E-state index in [1.807, 2.05) is 5.32 Å². The van der Waals surface area contributed by atoms with Crippen molar-refractivity contribution in [2.24, 2.45) is 0 Å². The SMILES string of the molecule is CC[C@@H](C(=O)Nc1c(F)c(F)cc(F)c1F)n1nc(-c2ccccc2)ccc1=O. The van der Waals surface area contributed by atoms with Crippen LogP contribution in [0.25, 0.3) is 11.3 Å². The third kappa shape index (κ3) is 4.03. The van der Waals surface area contributed by atoms with E-state index >= 15 is 0 Å². The molecule has 0 saturated carbocycles. The van der Waals surface area contributed by atoms with E-state index in [1.165, 1.54) is 12.1 Å². The maximum atomic E-state index is 13.9. The van der Waals surface area contributed by atoms with Gasteiger partial charge < -0.3 is 5.32 Å². The summed E-state index contributed by atoms with van der Waals surface area (Å²) >= 11 is 0. The summed E-state index contributed by atoms with van der Waals surface area (Å²) in [7, 11) is 0. The van der Waals surface area contributed by atoms with Crippen molar-refractivity contribution in [3.8, 4) is 11.3 Å². The molecule has 2 aromatic carbocycles. The molecule has 1 heterocycles. The summed E-state index contributed by atoms with van der Waals surface area (Å²) < 4.78 is 55.3. The average molecular weight is 405 g/mol. The van der Waals surface area contributed by atoms with Crippen LogP contribution in [0.15, 0.2) is 53.3 Å². The van der Waals surface area contributed by atoms with Crippen LogP contribution in [-0.4, -0.2) is 15.7 Å². The van der Waals surface area contributed by atoms with Gasteiger partial charge in [0.2, 0.25) is 5.91 Å². The number of aromatic nitrogens is 2. The molecule has 150 valence electrons. The Morgan fingerprint density at radius 3 is 2.24 bits per heavy atom. The zero-order chi connectivity index (χ0) is 21.1. The molecule has 1 aromatic heterocycles. The Bertz CT molecular complexity index is 1090. The van der Waals surface area contributed by atoms with Gasteiger partial charge in [0.25, 0.3) is 5.56 Å². The minimum absolute atomic E-state index is 0.0258. The van der Waals surface area contributed by atoms with E-state index in [2.05, 4.69) is 5.10 Å². The van der Waals surface area contributed by atoms with E-state index in [4.69, 9.17) is 0 Å². The summed E-state index contributed by atoms with van der Waals surface area (Å²) in [6.07, 6.45) is 0.0258. The summed E-state index contributed by atoms with van der Waals surface area (Å²) in [5, 5.41) is 5.99. The monoisotopic (exact) mass is 405 g/mol. The number of amides is 1. The first-order valence-corrected chi connectivity index (χ1v) is 8.62. The highest BCUT2D eigenvalue weighted by Crippen LogP contribution is 2.25. The summed E-state index contributed by atoms with van der Waals surface area (Å²) in [5.74, 6) is -7.85. The first-order valence-electron chi connectivity index (χ1n) is 8.62. The number of anilines is 1. The number of nitrogens with zero attached hydrogens (tertiary/aromatic N) is 2. The molecule has 0 unspecified atom stereocenters. The summed E-state index contributed by atoms with van der Waals surface area (Å²) in [6, 6.07) is 10.3. The predicted octanol–water partition coefficient (Wildman–Crippen LogP) is 4.06. The van der Waals surface area contributed by atoms with Gasteiger partial charge in [-0.05, 0) is 12.5 Å². The molecule has 1 N–H and O–H groups in total. The van der Waals surface area contributed by atoms with Gasteiger partial charge in [0, 0.05) is 17.7 Å². The fourth-order valence-electron chi connectivity index (χ4n) is 2.77. The Morgan fingerprint density at radius 2 is 1.66 bits per heavy atom. The zero-order valence-corrected chi connectivity index (χ0v) is 15.1. The normalized spacial score (nSPS) is 11.9. The van der Waals surface area contributed by atoms with Gasteiger partial charge in [-0.1, -0.05) is 37.3 Å². The zero-order valence-electron chi connectivity index (χ0n) is 15.1. The molecule has 0 aliphatic heterocycles. The van der Waals surface area contributed by atoms with Crippen LogP contribution in [0.2, 0.25) is 0 Å². The first kappa shape index (κ1) is 20.2. The molecule has 29 heavy (non-hydrogen) atoms. The fourth-order valence-corrected chi connectivity index (χ4v) is 2.77. The molecule has 9 heteroatoms. The van der Waals surface area contributed by atoms with Crippen LogP contribution >= 0.6 is 0 Å². The van der Waals surface area contributed by atoms with Crippen LogP contribution < -0.4 is 10.9 Å². The highest BCUT2D eigenvalue weighted by Gasteiger charge is 2.26. The second kappa shape index (κ2) is 8.26. The van der Waals surface area contributed by atoms with E-state index < -0.39 is 46.5 Å². The van der Waals surface area contributed by atoms with Crippen LogP contribution in [-0.2, 0) is 4.79 Å². The van der Waals surface area contributed by atoms with E-state index in [0.717, 1.165) is 4.68 Å². The Kier molecular flexibility index (Phi) is 5.76. The van der Waals surface area contributed by atoms with Crippen molar-refractivity contribution in [3.63, 3.8) is 0 Å². The molecular weight excluding hydrogens is 390 g/mol. The van der Waals surface area contributed by atoms with Gasteiger partial charge in [0.05, 0.1) is 5.69 Å². The molecular formula is C20H15F4N3O2. The largest absolute Gasteiger partial charge is 0.319 e. The minimum atomic E-state index is -1.74. The molecule has 0 aliphatic rings. The average Bonchev–Trinajstić information content (AvgIpc) is 2.72.